The minimum Gasteiger partial charge on any atom is -0.497 e. The van der Waals surface area contributed by atoms with Gasteiger partial charge in [0.2, 0.25) is 10.0 Å². The van der Waals surface area contributed by atoms with E-state index in [1.165, 1.54) is 23.5 Å². The van der Waals surface area contributed by atoms with E-state index in [1.807, 2.05) is 44.2 Å². The molecule has 0 unspecified atom stereocenters. The first-order chi connectivity index (χ1) is 18.2. The molecule has 0 aliphatic carbocycles. The summed E-state index contributed by atoms with van der Waals surface area (Å²) in [7, 11) is -2.39. The predicted octanol–water partition coefficient (Wildman–Crippen LogP) is 3.04. The van der Waals surface area contributed by atoms with Gasteiger partial charge in [0.05, 0.1) is 30.8 Å². The molecule has 0 spiro atoms. The number of piperidine rings is 1. The van der Waals surface area contributed by atoms with Crippen LogP contribution in [0.5, 0.6) is 5.75 Å². The van der Waals surface area contributed by atoms with Crippen LogP contribution in [0.3, 0.4) is 0 Å². The number of nitrogens with zero attached hydrogens (tertiary/aromatic N) is 1. The van der Waals surface area contributed by atoms with Gasteiger partial charge in [-0.1, -0.05) is 44.2 Å². The lowest BCUT2D eigenvalue weighted by atomic mass is 10.0. The van der Waals surface area contributed by atoms with E-state index in [2.05, 4.69) is 10.6 Å². The molecule has 0 bridgehead atoms. The second-order valence-electron chi connectivity index (χ2n) is 10.2. The summed E-state index contributed by atoms with van der Waals surface area (Å²) < 4.78 is 39.0. The molecule has 9 nitrogen and oxygen atoms in total. The van der Waals surface area contributed by atoms with Gasteiger partial charge >= 0.3 is 6.09 Å². The molecule has 0 saturated carbocycles. The van der Waals surface area contributed by atoms with Gasteiger partial charge in [-0.3, -0.25) is 0 Å². The van der Waals surface area contributed by atoms with Crippen molar-refractivity contribution in [1.29, 1.82) is 0 Å². The molecule has 1 saturated heterocycles. The SMILES string of the molecule is COc1ccc(S(=O)(=O)N(CC(C)C)C[C@@H](O)[C@H](Cc2ccccc2)NC(=O)OC[C@@H]2CCCNC2)cc1. The topological polar surface area (TPSA) is 117 Å². The number of hydrogen-bond donors (Lipinski definition) is 3. The summed E-state index contributed by atoms with van der Waals surface area (Å²) >= 11 is 0. The molecule has 2 aromatic rings. The Morgan fingerprint density at radius 2 is 1.84 bits per heavy atom. The Kier molecular flexibility index (Phi) is 11.4. The third-order valence-corrected chi connectivity index (χ3v) is 8.42. The Labute approximate surface area is 226 Å². The number of benzene rings is 2. The molecule has 1 fully saturated rings. The highest BCUT2D eigenvalue weighted by atomic mass is 32.2. The maximum atomic E-state index is 13.5. The van der Waals surface area contributed by atoms with E-state index in [0.29, 0.717) is 12.2 Å². The van der Waals surface area contributed by atoms with Crippen LogP contribution in [0.15, 0.2) is 59.5 Å². The Balaban J connectivity index is 1.76. The number of carbonyl (C=O) groups excluding carboxylic acids is 1. The first-order valence-electron chi connectivity index (χ1n) is 13.2. The zero-order valence-electron chi connectivity index (χ0n) is 22.5. The Hall–Kier alpha value is -2.66. The molecular formula is C28H41N3O6S. The minimum absolute atomic E-state index is 0.0184. The largest absolute Gasteiger partial charge is 0.497 e. The molecule has 1 heterocycles. The van der Waals surface area contributed by atoms with Crippen molar-refractivity contribution in [2.75, 3.05) is 39.9 Å². The monoisotopic (exact) mass is 547 g/mol. The molecular weight excluding hydrogens is 506 g/mol. The van der Waals surface area contributed by atoms with Crippen molar-refractivity contribution in [3.05, 3.63) is 60.2 Å². The molecule has 3 rings (SSSR count). The van der Waals surface area contributed by atoms with Crippen molar-refractivity contribution < 1.29 is 27.8 Å². The smallest absolute Gasteiger partial charge is 0.407 e. The second kappa shape index (κ2) is 14.5. The summed E-state index contributed by atoms with van der Waals surface area (Å²) in [5.41, 5.74) is 0.904. The van der Waals surface area contributed by atoms with Crippen LogP contribution in [0.1, 0.15) is 32.3 Å². The van der Waals surface area contributed by atoms with Gasteiger partial charge in [-0.15, -0.1) is 0 Å². The Bertz CT molecular complexity index is 1090. The molecule has 1 amide bonds. The summed E-state index contributed by atoms with van der Waals surface area (Å²) in [5, 5.41) is 17.4. The normalized spacial score (nSPS) is 17.7. The highest BCUT2D eigenvalue weighted by molar-refractivity contribution is 7.89. The molecule has 0 radical (unpaired) electrons. The van der Waals surface area contributed by atoms with Gasteiger partial charge in [0.1, 0.15) is 5.75 Å². The van der Waals surface area contributed by atoms with Crippen LogP contribution in [-0.4, -0.2) is 76.0 Å². The number of carbonyl (C=O) groups is 1. The lowest BCUT2D eigenvalue weighted by Gasteiger charge is -2.31. The van der Waals surface area contributed by atoms with Crippen molar-refractivity contribution in [3.63, 3.8) is 0 Å². The standard InChI is InChI=1S/C28H41N3O6S/c1-21(2)18-31(38(34,35)25-13-11-24(36-3)12-14-25)19-27(32)26(16-22-8-5-4-6-9-22)30-28(33)37-20-23-10-7-15-29-17-23/h4-6,8-9,11-14,21,23,26-27,29,32H,7,10,15-20H2,1-3H3,(H,30,33)/t23-,26+,27-/m1/s1. The Morgan fingerprint density at radius 1 is 1.13 bits per heavy atom. The van der Waals surface area contributed by atoms with E-state index >= 15 is 0 Å². The number of methoxy groups -OCH3 is 1. The zero-order chi connectivity index (χ0) is 27.5. The number of aliphatic hydroxyl groups excluding tert-OH is 1. The van der Waals surface area contributed by atoms with Crippen LogP contribution in [-0.2, 0) is 21.2 Å². The van der Waals surface area contributed by atoms with Crippen molar-refractivity contribution >= 4 is 16.1 Å². The zero-order valence-corrected chi connectivity index (χ0v) is 23.3. The molecule has 38 heavy (non-hydrogen) atoms. The summed E-state index contributed by atoms with van der Waals surface area (Å²) in [5.74, 6) is 0.821. The first kappa shape index (κ1) is 29.9. The number of hydrogen-bond acceptors (Lipinski definition) is 7. The molecule has 2 aromatic carbocycles. The average molecular weight is 548 g/mol. The number of alkyl carbamates (subject to hydrolysis) is 1. The van der Waals surface area contributed by atoms with Crippen molar-refractivity contribution in [2.45, 2.75) is 50.2 Å². The van der Waals surface area contributed by atoms with Crippen molar-refractivity contribution in [1.82, 2.24) is 14.9 Å². The van der Waals surface area contributed by atoms with Gasteiger partial charge in [-0.05, 0) is 61.6 Å². The summed E-state index contributed by atoms with van der Waals surface area (Å²) in [6, 6.07) is 14.9. The number of rotatable bonds is 13. The van der Waals surface area contributed by atoms with Gasteiger partial charge < -0.3 is 25.2 Å². The van der Waals surface area contributed by atoms with Gasteiger partial charge in [-0.25, -0.2) is 13.2 Å². The van der Waals surface area contributed by atoms with Crippen LogP contribution in [0.25, 0.3) is 0 Å². The third kappa shape index (κ3) is 8.97. The maximum absolute atomic E-state index is 13.5. The Morgan fingerprint density at radius 3 is 2.45 bits per heavy atom. The van der Waals surface area contributed by atoms with Crippen LogP contribution >= 0.6 is 0 Å². The maximum Gasteiger partial charge on any atom is 0.407 e. The fourth-order valence-electron chi connectivity index (χ4n) is 4.51. The third-order valence-electron chi connectivity index (χ3n) is 6.57. The summed E-state index contributed by atoms with van der Waals surface area (Å²) in [6.45, 7) is 5.93. The van der Waals surface area contributed by atoms with E-state index in [1.54, 1.807) is 12.1 Å². The average Bonchev–Trinajstić information content (AvgIpc) is 2.92. The van der Waals surface area contributed by atoms with Crippen molar-refractivity contribution in [2.24, 2.45) is 11.8 Å². The van der Waals surface area contributed by atoms with Crippen LogP contribution in [0, 0.1) is 11.8 Å². The number of ether oxygens (including phenoxy) is 2. The fourth-order valence-corrected chi connectivity index (χ4v) is 6.14. The second-order valence-corrected chi connectivity index (χ2v) is 12.1. The number of sulfonamides is 1. The lowest BCUT2D eigenvalue weighted by Crippen LogP contribution is -2.51. The quantitative estimate of drug-likeness (QED) is 0.353. The fraction of sp³-hybridized carbons (Fsp3) is 0.536. The van der Waals surface area contributed by atoms with E-state index in [-0.39, 0.29) is 36.4 Å². The van der Waals surface area contributed by atoms with E-state index in [0.717, 1.165) is 31.5 Å². The van der Waals surface area contributed by atoms with Gasteiger partial charge in [0.25, 0.3) is 0 Å². The van der Waals surface area contributed by atoms with Crippen LogP contribution < -0.4 is 15.4 Å². The van der Waals surface area contributed by atoms with Gasteiger partial charge in [-0.2, -0.15) is 4.31 Å². The van der Waals surface area contributed by atoms with Crippen LogP contribution in [0.2, 0.25) is 0 Å². The number of aliphatic hydroxyl groups is 1. The molecule has 10 heteroatoms. The highest BCUT2D eigenvalue weighted by Gasteiger charge is 2.31. The number of nitrogens with one attached hydrogen (secondary N) is 2. The molecule has 1 aliphatic heterocycles. The minimum atomic E-state index is -3.91. The summed E-state index contributed by atoms with van der Waals surface area (Å²) in [4.78, 5) is 12.8. The number of amides is 1. The molecule has 1 aliphatic rings. The lowest BCUT2D eigenvalue weighted by molar-refractivity contribution is 0.0820. The predicted molar refractivity (Wildman–Crippen MR) is 147 cm³/mol. The van der Waals surface area contributed by atoms with Crippen molar-refractivity contribution in [3.8, 4) is 5.75 Å². The molecule has 3 N–H and O–H groups in total. The molecule has 0 aromatic heterocycles. The van der Waals surface area contributed by atoms with Gasteiger partial charge in [0.15, 0.2) is 0 Å². The summed E-state index contributed by atoms with van der Waals surface area (Å²) in [6.07, 6.45) is 0.554. The van der Waals surface area contributed by atoms with E-state index < -0.39 is 28.3 Å². The van der Waals surface area contributed by atoms with Gasteiger partial charge in [0, 0.05) is 25.6 Å². The molecule has 210 valence electrons. The van der Waals surface area contributed by atoms with E-state index in [9.17, 15) is 18.3 Å². The molecule has 3 atom stereocenters. The van der Waals surface area contributed by atoms with Crippen LogP contribution in [0.4, 0.5) is 4.79 Å². The first-order valence-corrected chi connectivity index (χ1v) is 14.6. The van der Waals surface area contributed by atoms with E-state index in [4.69, 9.17) is 9.47 Å². The highest BCUT2D eigenvalue weighted by Crippen LogP contribution is 2.22.